The van der Waals surface area contributed by atoms with E-state index in [1.165, 1.54) is 11.5 Å². The van der Waals surface area contributed by atoms with E-state index in [2.05, 4.69) is 14.6 Å². The fraction of sp³-hybridized carbons (Fsp3) is 0.167. The fourth-order valence-electron chi connectivity index (χ4n) is 0.825. The predicted octanol–water partition coefficient (Wildman–Crippen LogP) is 0.900. The van der Waals surface area contributed by atoms with Crippen LogP contribution in [0.1, 0.15) is 0 Å². The van der Waals surface area contributed by atoms with Crippen molar-refractivity contribution in [2.24, 2.45) is 4.99 Å². The van der Waals surface area contributed by atoms with Gasteiger partial charge in [0.05, 0.1) is 11.7 Å². The Bertz CT molecular complexity index is 277. The molecule has 11 heavy (non-hydrogen) atoms. The van der Waals surface area contributed by atoms with Gasteiger partial charge in [-0.15, -0.1) is 5.10 Å². The number of rotatable bonds is 1. The van der Waals surface area contributed by atoms with Crippen LogP contribution < -0.4 is 4.90 Å². The average Bonchev–Trinajstić information content (AvgIpc) is 2.58. The molecule has 56 valence electrons. The Balaban J connectivity index is 2.19. The molecule has 0 atom stereocenters. The van der Waals surface area contributed by atoms with Crippen LogP contribution in [0, 0.1) is 0 Å². The van der Waals surface area contributed by atoms with E-state index in [1.54, 1.807) is 12.5 Å². The summed E-state index contributed by atoms with van der Waals surface area (Å²) in [7, 11) is 0. The van der Waals surface area contributed by atoms with Crippen LogP contribution in [0.25, 0.3) is 0 Å². The Labute approximate surface area is 68.0 Å². The Morgan fingerprint density at radius 2 is 2.55 bits per heavy atom. The highest BCUT2D eigenvalue weighted by molar-refractivity contribution is 7.03. The minimum atomic E-state index is 0.828. The molecule has 1 aromatic heterocycles. The standard InChI is InChI=1S/C6H6N4S/c1-2-7-5-10(3-1)6-4-11-9-8-6/h1-2,4-5H,3H2. The van der Waals surface area contributed by atoms with Crippen LogP contribution >= 0.6 is 11.5 Å². The highest BCUT2D eigenvalue weighted by atomic mass is 32.1. The molecule has 0 aromatic carbocycles. The Hall–Kier alpha value is -1.23. The van der Waals surface area contributed by atoms with Crippen LogP contribution in [0.15, 0.2) is 22.6 Å². The number of anilines is 1. The first-order valence-electron chi connectivity index (χ1n) is 3.19. The van der Waals surface area contributed by atoms with E-state index in [0.29, 0.717) is 0 Å². The van der Waals surface area contributed by atoms with Crippen molar-refractivity contribution >= 4 is 23.7 Å². The molecule has 0 saturated heterocycles. The highest BCUT2D eigenvalue weighted by Crippen LogP contribution is 2.10. The smallest absolute Gasteiger partial charge is 0.169 e. The molecule has 1 aliphatic rings. The molecule has 0 amide bonds. The number of hydrogen-bond donors (Lipinski definition) is 0. The number of aromatic nitrogens is 2. The highest BCUT2D eigenvalue weighted by Gasteiger charge is 2.05. The average molecular weight is 166 g/mol. The lowest BCUT2D eigenvalue weighted by Crippen LogP contribution is -2.23. The van der Waals surface area contributed by atoms with Gasteiger partial charge >= 0.3 is 0 Å². The van der Waals surface area contributed by atoms with Gasteiger partial charge in [0.25, 0.3) is 0 Å². The van der Waals surface area contributed by atoms with Crippen molar-refractivity contribution in [1.82, 2.24) is 9.59 Å². The Morgan fingerprint density at radius 1 is 1.55 bits per heavy atom. The summed E-state index contributed by atoms with van der Waals surface area (Å²) in [5.41, 5.74) is 0. The zero-order chi connectivity index (χ0) is 7.52. The first-order valence-corrected chi connectivity index (χ1v) is 4.02. The third-order valence-electron chi connectivity index (χ3n) is 1.34. The minimum Gasteiger partial charge on any atom is -0.311 e. The maximum atomic E-state index is 3.97. The molecule has 0 N–H and O–H groups in total. The van der Waals surface area contributed by atoms with E-state index in [4.69, 9.17) is 0 Å². The summed E-state index contributed by atoms with van der Waals surface area (Å²) in [6, 6.07) is 0. The van der Waals surface area contributed by atoms with Gasteiger partial charge in [-0.3, -0.25) is 0 Å². The molecular formula is C6H6N4S. The lowest BCUT2D eigenvalue weighted by atomic mass is 10.5. The van der Waals surface area contributed by atoms with E-state index < -0.39 is 0 Å². The zero-order valence-electron chi connectivity index (χ0n) is 5.71. The summed E-state index contributed by atoms with van der Waals surface area (Å²) >= 11 is 1.34. The summed E-state index contributed by atoms with van der Waals surface area (Å²) in [5.74, 6) is 0.864. The quantitative estimate of drug-likeness (QED) is 0.622. The van der Waals surface area contributed by atoms with Gasteiger partial charge in [0, 0.05) is 12.7 Å². The van der Waals surface area contributed by atoms with E-state index in [9.17, 15) is 0 Å². The molecule has 5 heteroatoms. The Kier molecular flexibility index (Phi) is 1.64. The van der Waals surface area contributed by atoms with Crippen LogP contribution in [0.2, 0.25) is 0 Å². The molecular weight excluding hydrogens is 160 g/mol. The van der Waals surface area contributed by atoms with Gasteiger partial charge in [-0.05, 0) is 17.6 Å². The lowest BCUT2D eigenvalue weighted by molar-refractivity contribution is 1.04. The SMILES string of the molecule is C1=CN=CN(c2csnn2)C1. The van der Waals surface area contributed by atoms with Crippen molar-refractivity contribution in [3.8, 4) is 0 Å². The number of nitrogens with zero attached hydrogens (tertiary/aromatic N) is 4. The van der Waals surface area contributed by atoms with Crippen molar-refractivity contribution in [2.45, 2.75) is 0 Å². The molecule has 0 bridgehead atoms. The maximum absolute atomic E-state index is 3.97. The Morgan fingerprint density at radius 3 is 3.18 bits per heavy atom. The van der Waals surface area contributed by atoms with E-state index in [-0.39, 0.29) is 0 Å². The largest absolute Gasteiger partial charge is 0.311 e. The molecule has 0 spiro atoms. The second-order valence-electron chi connectivity index (χ2n) is 2.06. The molecule has 2 heterocycles. The van der Waals surface area contributed by atoms with Gasteiger partial charge in [0.15, 0.2) is 5.82 Å². The first-order chi connectivity index (χ1) is 5.47. The maximum Gasteiger partial charge on any atom is 0.169 e. The van der Waals surface area contributed by atoms with E-state index >= 15 is 0 Å². The van der Waals surface area contributed by atoms with E-state index in [1.807, 2.05) is 16.4 Å². The van der Waals surface area contributed by atoms with Crippen LogP contribution in [-0.4, -0.2) is 22.5 Å². The molecule has 1 aliphatic heterocycles. The summed E-state index contributed by atoms with van der Waals surface area (Å²) in [6.45, 7) is 0.828. The monoisotopic (exact) mass is 166 g/mol. The summed E-state index contributed by atoms with van der Waals surface area (Å²) < 4.78 is 3.76. The van der Waals surface area contributed by atoms with Gasteiger partial charge in [-0.2, -0.15) is 0 Å². The van der Waals surface area contributed by atoms with Crippen molar-refractivity contribution < 1.29 is 0 Å². The van der Waals surface area contributed by atoms with Crippen molar-refractivity contribution in [3.63, 3.8) is 0 Å². The third-order valence-corrected chi connectivity index (χ3v) is 1.83. The van der Waals surface area contributed by atoms with Crippen LogP contribution in [-0.2, 0) is 0 Å². The summed E-state index contributed by atoms with van der Waals surface area (Å²) in [4.78, 5) is 5.91. The van der Waals surface area contributed by atoms with Gasteiger partial charge in [0.1, 0.15) is 0 Å². The minimum absolute atomic E-state index is 0.828. The molecule has 0 radical (unpaired) electrons. The molecule has 0 fully saturated rings. The topological polar surface area (TPSA) is 41.4 Å². The van der Waals surface area contributed by atoms with E-state index in [0.717, 1.165) is 12.4 Å². The van der Waals surface area contributed by atoms with Crippen molar-refractivity contribution in [2.75, 3.05) is 11.4 Å². The van der Waals surface area contributed by atoms with Crippen molar-refractivity contribution in [3.05, 3.63) is 17.7 Å². The molecule has 2 rings (SSSR count). The van der Waals surface area contributed by atoms with Gasteiger partial charge in [-0.1, -0.05) is 4.49 Å². The molecule has 1 aromatic rings. The normalized spacial score (nSPS) is 15.8. The van der Waals surface area contributed by atoms with Gasteiger partial charge in [-0.25, -0.2) is 4.99 Å². The first kappa shape index (κ1) is 6.48. The second-order valence-corrected chi connectivity index (χ2v) is 2.67. The zero-order valence-corrected chi connectivity index (χ0v) is 6.53. The van der Waals surface area contributed by atoms with Crippen LogP contribution in [0.3, 0.4) is 0 Å². The predicted molar refractivity (Wildman–Crippen MR) is 44.9 cm³/mol. The molecule has 0 unspecified atom stereocenters. The van der Waals surface area contributed by atoms with Gasteiger partial charge in [0.2, 0.25) is 0 Å². The molecule has 0 saturated carbocycles. The molecule has 4 nitrogen and oxygen atoms in total. The lowest BCUT2D eigenvalue weighted by Gasteiger charge is -2.14. The van der Waals surface area contributed by atoms with Gasteiger partial charge < -0.3 is 4.90 Å². The number of hydrogen-bond acceptors (Lipinski definition) is 5. The van der Waals surface area contributed by atoms with Crippen LogP contribution in [0.4, 0.5) is 5.82 Å². The van der Waals surface area contributed by atoms with Crippen molar-refractivity contribution in [1.29, 1.82) is 0 Å². The van der Waals surface area contributed by atoms with Crippen LogP contribution in [0.5, 0.6) is 0 Å². The second kappa shape index (κ2) is 2.79. The fourth-order valence-corrected chi connectivity index (χ4v) is 1.28. The molecule has 0 aliphatic carbocycles. The summed E-state index contributed by atoms with van der Waals surface area (Å²) in [6.07, 6.45) is 5.49. The number of aliphatic imine (C=N–C) groups is 1. The third kappa shape index (κ3) is 1.27. The summed E-state index contributed by atoms with van der Waals surface area (Å²) in [5, 5.41) is 5.80.